The Morgan fingerprint density at radius 2 is 2.18 bits per heavy atom. The van der Waals surface area contributed by atoms with Gasteiger partial charge in [0.1, 0.15) is 0 Å². The molecule has 1 heterocycles. The maximum Gasteiger partial charge on any atom is 0.259 e. The van der Waals surface area contributed by atoms with E-state index >= 15 is 0 Å². The minimum absolute atomic E-state index is 0.207. The van der Waals surface area contributed by atoms with Gasteiger partial charge in [0.2, 0.25) is 0 Å². The Balaban J connectivity index is 2.30. The van der Waals surface area contributed by atoms with E-state index < -0.39 is 0 Å². The van der Waals surface area contributed by atoms with Crippen molar-refractivity contribution < 1.29 is 4.79 Å². The Labute approximate surface area is 139 Å². The van der Waals surface area contributed by atoms with Crippen LogP contribution in [0.4, 0.5) is 5.69 Å². The van der Waals surface area contributed by atoms with Crippen LogP contribution in [0.15, 0.2) is 29.6 Å². The number of thioether (sulfide) groups is 1. The molecule has 0 saturated carbocycles. The number of nitrogens with one attached hydrogen (secondary N) is 1. The number of hydrogen-bond donors (Lipinski definition) is 1. The van der Waals surface area contributed by atoms with E-state index in [9.17, 15) is 4.79 Å². The molecule has 0 unspecified atom stereocenters. The largest absolute Gasteiger partial charge is 0.322 e. The normalized spacial score (nSPS) is 10.5. The van der Waals surface area contributed by atoms with Crippen molar-refractivity contribution >= 4 is 35.0 Å². The molecule has 1 aromatic heterocycles. The van der Waals surface area contributed by atoms with Gasteiger partial charge in [0.15, 0.2) is 5.16 Å². The van der Waals surface area contributed by atoms with Gasteiger partial charge in [-0.2, -0.15) is 0 Å². The molecule has 0 atom stereocenters. The van der Waals surface area contributed by atoms with Crippen LogP contribution in [0.3, 0.4) is 0 Å². The molecular weight excluding hydrogens is 318 g/mol. The average Bonchev–Trinajstić information content (AvgIpc) is 2.51. The van der Waals surface area contributed by atoms with Crippen LogP contribution < -0.4 is 5.32 Å². The van der Waals surface area contributed by atoms with Gasteiger partial charge in [0, 0.05) is 16.9 Å². The molecule has 0 aliphatic heterocycles. The van der Waals surface area contributed by atoms with Crippen LogP contribution in [-0.2, 0) is 6.42 Å². The molecule has 0 fully saturated rings. The highest BCUT2D eigenvalue weighted by Crippen LogP contribution is 2.22. The zero-order valence-electron chi connectivity index (χ0n) is 12.8. The molecule has 4 nitrogen and oxygen atoms in total. The van der Waals surface area contributed by atoms with Gasteiger partial charge in [0.05, 0.1) is 11.3 Å². The summed E-state index contributed by atoms with van der Waals surface area (Å²) in [6, 6.07) is 5.41. The fourth-order valence-electron chi connectivity index (χ4n) is 2.03. The minimum Gasteiger partial charge on any atom is -0.322 e. The monoisotopic (exact) mass is 335 g/mol. The molecule has 6 heteroatoms. The van der Waals surface area contributed by atoms with Crippen molar-refractivity contribution in [2.45, 2.75) is 31.8 Å². The van der Waals surface area contributed by atoms with Crippen molar-refractivity contribution in [1.82, 2.24) is 9.97 Å². The predicted octanol–water partition coefficient (Wildman–Crippen LogP) is 4.37. The first-order valence-electron chi connectivity index (χ1n) is 7.02. The van der Waals surface area contributed by atoms with Crippen molar-refractivity contribution in [3.63, 3.8) is 0 Å². The van der Waals surface area contributed by atoms with Crippen LogP contribution in [0.25, 0.3) is 0 Å². The Morgan fingerprint density at radius 3 is 2.86 bits per heavy atom. The molecule has 1 N–H and O–H groups in total. The van der Waals surface area contributed by atoms with Crippen LogP contribution in [0.5, 0.6) is 0 Å². The second-order valence-electron chi connectivity index (χ2n) is 4.88. The van der Waals surface area contributed by atoms with Crippen LogP contribution >= 0.6 is 23.4 Å². The number of anilines is 1. The van der Waals surface area contributed by atoms with Gasteiger partial charge in [-0.05, 0) is 37.3 Å². The summed E-state index contributed by atoms with van der Waals surface area (Å²) in [5.74, 6) is -0.207. The minimum atomic E-state index is -0.207. The number of carbonyl (C=O) groups is 1. The number of halogens is 1. The first-order chi connectivity index (χ1) is 10.5. The molecule has 1 amide bonds. The number of amides is 1. The molecule has 2 aromatic rings. The lowest BCUT2D eigenvalue weighted by Crippen LogP contribution is -2.17. The first-order valence-corrected chi connectivity index (χ1v) is 8.62. The van der Waals surface area contributed by atoms with Crippen LogP contribution in [0, 0.1) is 6.92 Å². The highest BCUT2D eigenvalue weighted by molar-refractivity contribution is 7.98. The molecular formula is C16H18ClN3OS. The second kappa shape index (κ2) is 7.61. The van der Waals surface area contributed by atoms with Crippen LogP contribution in [0.2, 0.25) is 5.02 Å². The van der Waals surface area contributed by atoms with Crippen LogP contribution in [0.1, 0.15) is 35.0 Å². The van der Waals surface area contributed by atoms with E-state index in [0.29, 0.717) is 21.4 Å². The Bertz CT molecular complexity index is 691. The van der Waals surface area contributed by atoms with E-state index in [1.807, 2.05) is 19.2 Å². The van der Waals surface area contributed by atoms with E-state index in [4.69, 9.17) is 11.6 Å². The number of nitrogens with zero attached hydrogens (tertiary/aromatic N) is 2. The summed E-state index contributed by atoms with van der Waals surface area (Å²) < 4.78 is 0. The Morgan fingerprint density at radius 1 is 1.41 bits per heavy atom. The van der Waals surface area contributed by atoms with Gasteiger partial charge < -0.3 is 5.32 Å². The van der Waals surface area contributed by atoms with E-state index in [2.05, 4.69) is 22.2 Å². The lowest BCUT2D eigenvalue weighted by atomic mass is 10.1. The van der Waals surface area contributed by atoms with Crippen molar-refractivity contribution in [1.29, 1.82) is 0 Å². The molecule has 116 valence electrons. The van der Waals surface area contributed by atoms with Crippen molar-refractivity contribution in [3.05, 3.63) is 46.2 Å². The van der Waals surface area contributed by atoms with Gasteiger partial charge in [0.25, 0.3) is 5.91 Å². The third-order valence-corrected chi connectivity index (χ3v) is 4.00. The number of benzene rings is 1. The second-order valence-corrected chi connectivity index (χ2v) is 6.09. The maximum absolute atomic E-state index is 12.5. The van der Waals surface area contributed by atoms with Gasteiger partial charge in [-0.3, -0.25) is 4.79 Å². The SMILES string of the molecule is CCCc1nc(SC)ncc1C(=O)Nc1cc(Cl)ccc1C. The summed E-state index contributed by atoms with van der Waals surface area (Å²) in [7, 11) is 0. The molecule has 1 aromatic carbocycles. The number of aromatic nitrogens is 2. The quantitative estimate of drug-likeness (QED) is 0.651. The third-order valence-electron chi connectivity index (χ3n) is 3.21. The number of rotatable bonds is 5. The highest BCUT2D eigenvalue weighted by Gasteiger charge is 2.15. The summed E-state index contributed by atoms with van der Waals surface area (Å²) in [5, 5.41) is 4.16. The molecule has 0 aliphatic carbocycles. The summed E-state index contributed by atoms with van der Waals surface area (Å²) in [5.41, 5.74) is 2.95. The van der Waals surface area contributed by atoms with Crippen molar-refractivity contribution in [3.8, 4) is 0 Å². The van der Waals surface area contributed by atoms with Gasteiger partial charge in [-0.1, -0.05) is 42.8 Å². The smallest absolute Gasteiger partial charge is 0.259 e. The lowest BCUT2D eigenvalue weighted by Gasteiger charge is -2.11. The fourth-order valence-corrected chi connectivity index (χ4v) is 2.56. The molecule has 0 saturated heterocycles. The third kappa shape index (κ3) is 3.99. The Kier molecular flexibility index (Phi) is 5.80. The number of hydrogen-bond acceptors (Lipinski definition) is 4. The van der Waals surface area contributed by atoms with E-state index in [1.165, 1.54) is 11.8 Å². The van der Waals surface area contributed by atoms with Crippen molar-refractivity contribution in [2.75, 3.05) is 11.6 Å². The molecule has 0 aliphatic rings. The Hall–Kier alpha value is -1.59. The standard InChI is InChI=1S/C16H18ClN3OS/c1-4-5-13-12(9-18-16(20-13)22-3)15(21)19-14-8-11(17)7-6-10(14)2/h6-9H,4-5H2,1-3H3,(H,19,21). The highest BCUT2D eigenvalue weighted by atomic mass is 35.5. The predicted molar refractivity (Wildman–Crippen MR) is 92.0 cm³/mol. The van der Waals surface area contributed by atoms with E-state index in [-0.39, 0.29) is 5.91 Å². The van der Waals surface area contributed by atoms with Gasteiger partial charge in [-0.25, -0.2) is 9.97 Å². The average molecular weight is 336 g/mol. The van der Waals surface area contributed by atoms with Crippen LogP contribution in [-0.4, -0.2) is 22.1 Å². The van der Waals surface area contributed by atoms with E-state index in [1.54, 1.807) is 18.3 Å². The number of aryl methyl sites for hydroxylation is 2. The van der Waals surface area contributed by atoms with Gasteiger partial charge >= 0.3 is 0 Å². The molecule has 0 spiro atoms. The molecule has 0 radical (unpaired) electrons. The molecule has 0 bridgehead atoms. The lowest BCUT2D eigenvalue weighted by molar-refractivity contribution is 0.102. The summed E-state index contributed by atoms with van der Waals surface area (Å²) in [6.45, 7) is 3.98. The summed E-state index contributed by atoms with van der Waals surface area (Å²) in [4.78, 5) is 21.2. The fraction of sp³-hybridized carbons (Fsp3) is 0.312. The molecule has 2 rings (SSSR count). The number of carbonyl (C=O) groups excluding carboxylic acids is 1. The zero-order chi connectivity index (χ0) is 16.1. The summed E-state index contributed by atoms with van der Waals surface area (Å²) >= 11 is 7.45. The first kappa shape index (κ1) is 16.8. The maximum atomic E-state index is 12.5. The zero-order valence-corrected chi connectivity index (χ0v) is 14.4. The van der Waals surface area contributed by atoms with E-state index in [0.717, 1.165) is 24.1 Å². The topological polar surface area (TPSA) is 54.9 Å². The summed E-state index contributed by atoms with van der Waals surface area (Å²) in [6.07, 6.45) is 5.17. The van der Waals surface area contributed by atoms with Gasteiger partial charge in [-0.15, -0.1) is 0 Å². The van der Waals surface area contributed by atoms with Crippen molar-refractivity contribution in [2.24, 2.45) is 0 Å². The molecule has 22 heavy (non-hydrogen) atoms.